The van der Waals surface area contributed by atoms with Gasteiger partial charge in [0.05, 0.1) is 0 Å². The van der Waals surface area contributed by atoms with Crippen LogP contribution in [0, 0.1) is 11.8 Å². The van der Waals surface area contributed by atoms with Gasteiger partial charge in [0.2, 0.25) is 0 Å². The van der Waals surface area contributed by atoms with E-state index in [9.17, 15) is 0 Å². The second-order valence-corrected chi connectivity index (χ2v) is 7.59. The highest BCUT2D eigenvalue weighted by molar-refractivity contribution is 5.20. The number of hydrogen-bond acceptors (Lipinski definition) is 1. The zero-order chi connectivity index (χ0) is 14.7. The van der Waals surface area contributed by atoms with E-state index >= 15 is 0 Å². The van der Waals surface area contributed by atoms with Crippen molar-refractivity contribution in [3.05, 3.63) is 35.9 Å². The van der Waals surface area contributed by atoms with Crippen LogP contribution in [0.15, 0.2) is 30.3 Å². The van der Waals surface area contributed by atoms with Crippen molar-refractivity contribution in [1.82, 2.24) is 5.32 Å². The summed E-state index contributed by atoms with van der Waals surface area (Å²) in [5.74, 6) is 2.63. The molecule has 21 heavy (non-hydrogen) atoms. The summed E-state index contributed by atoms with van der Waals surface area (Å²) in [6, 6.07) is 12.7. The first-order valence-electron chi connectivity index (χ1n) is 9.03. The minimum Gasteiger partial charge on any atom is -0.311 e. The standard InChI is InChI=1S/C20H31N/c1-15-8-11-20(14-16(15)2)21-19-12-9-18(10-13-19)17-6-4-3-5-7-17/h3-7,15-16,18-21H,8-14H2,1-2H3. The molecule has 3 unspecified atom stereocenters. The lowest BCUT2D eigenvalue weighted by Gasteiger charge is -2.37. The predicted octanol–water partition coefficient (Wildman–Crippen LogP) is 5.13. The maximum absolute atomic E-state index is 3.98. The van der Waals surface area contributed by atoms with Crippen LogP contribution in [0.1, 0.15) is 70.3 Å². The first-order chi connectivity index (χ1) is 10.2. The van der Waals surface area contributed by atoms with Gasteiger partial charge in [-0.05, 0) is 68.3 Å². The smallest absolute Gasteiger partial charge is 0.00723 e. The van der Waals surface area contributed by atoms with Crippen LogP contribution in [0.2, 0.25) is 0 Å². The summed E-state index contributed by atoms with van der Waals surface area (Å²) >= 11 is 0. The van der Waals surface area contributed by atoms with Crippen molar-refractivity contribution in [1.29, 1.82) is 0 Å². The summed E-state index contributed by atoms with van der Waals surface area (Å²) < 4.78 is 0. The van der Waals surface area contributed by atoms with Crippen molar-refractivity contribution in [2.75, 3.05) is 0 Å². The molecular weight excluding hydrogens is 254 g/mol. The molecule has 2 aliphatic rings. The Kier molecular flexibility index (Phi) is 5.00. The van der Waals surface area contributed by atoms with Crippen LogP contribution in [0.5, 0.6) is 0 Å². The Morgan fingerprint density at radius 2 is 1.43 bits per heavy atom. The fraction of sp³-hybridized carbons (Fsp3) is 0.700. The monoisotopic (exact) mass is 285 g/mol. The second kappa shape index (κ2) is 6.96. The van der Waals surface area contributed by atoms with E-state index in [-0.39, 0.29) is 0 Å². The number of nitrogens with one attached hydrogen (secondary N) is 1. The number of hydrogen-bond donors (Lipinski definition) is 1. The molecule has 1 aromatic carbocycles. The lowest BCUT2D eigenvalue weighted by Crippen LogP contribution is -2.43. The van der Waals surface area contributed by atoms with E-state index in [4.69, 9.17) is 0 Å². The summed E-state index contributed by atoms with van der Waals surface area (Å²) in [4.78, 5) is 0. The Balaban J connectivity index is 1.46. The van der Waals surface area contributed by atoms with E-state index in [1.807, 2.05) is 0 Å². The van der Waals surface area contributed by atoms with Crippen LogP contribution in [0.25, 0.3) is 0 Å². The van der Waals surface area contributed by atoms with Gasteiger partial charge in [-0.3, -0.25) is 0 Å². The molecule has 0 saturated heterocycles. The molecule has 0 bridgehead atoms. The van der Waals surface area contributed by atoms with Crippen LogP contribution >= 0.6 is 0 Å². The van der Waals surface area contributed by atoms with Gasteiger partial charge in [-0.2, -0.15) is 0 Å². The molecule has 1 nitrogen and oxygen atoms in total. The number of rotatable bonds is 3. The maximum Gasteiger partial charge on any atom is 0.00723 e. The van der Waals surface area contributed by atoms with Gasteiger partial charge in [0.25, 0.3) is 0 Å². The fourth-order valence-corrected chi connectivity index (χ4v) is 4.35. The van der Waals surface area contributed by atoms with Gasteiger partial charge >= 0.3 is 0 Å². The first-order valence-corrected chi connectivity index (χ1v) is 9.03. The summed E-state index contributed by atoms with van der Waals surface area (Å²) in [7, 11) is 0. The van der Waals surface area contributed by atoms with Crippen LogP contribution in [-0.2, 0) is 0 Å². The van der Waals surface area contributed by atoms with Crippen LogP contribution in [0.4, 0.5) is 0 Å². The SMILES string of the molecule is CC1CCC(NC2CCC(c3ccccc3)CC2)CC1C. The topological polar surface area (TPSA) is 12.0 Å². The minimum atomic E-state index is 0.774. The molecule has 0 amide bonds. The molecule has 1 N–H and O–H groups in total. The third-order valence-corrected chi connectivity index (χ3v) is 6.07. The van der Waals surface area contributed by atoms with Gasteiger partial charge in [0.15, 0.2) is 0 Å². The van der Waals surface area contributed by atoms with Crippen molar-refractivity contribution in [2.45, 2.75) is 76.8 Å². The largest absolute Gasteiger partial charge is 0.311 e. The summed E-state index contributed by atoms with van der Waals surface area (Å²) in [5, 5.41) is 3.98. The molecule has 3 rings (SSSR count). The highest BCUT2D eigenvalue weighted by Gasteiger charge is 2.28. The molecule has 0 aliphatic heterocycles. The molecule has 116 valence electrons. The molecule has 2 fully saturated rings. The van der Waals surface area contributed by atoms with Crippen LogP contribution in [0.3, 0.4) is 0 Å². The van der Waals surface area contributed by atoms with Crippen LogP contribution < -0.4 is 5.32 Å². The third-order valence-electron chi connectivity index (χ3n) is 6.07. The molecule has 1 aromatic rings. The minimum absolute atomic E-state index is 0.774. The van der Waals surface area contributed by atoms with Crippen molar-refractivity contribution in [3.63, 3.8) is 0 Å². The summed E-state index contributed by atoms with van der Waals surface area (Å²) in [6.07, 6.45) is 9.64. The molecule has 1 heteroatoms. The molecule has 0 radical (unpaired) electrons. The molecule has 2 aliphatic carbocycles. The van der Waals surface area contributed by atoms with E-state index in [1.54, 1.807) is 5.56 Å². The Bertz CT molecular complexity index is 419. The molecule has 0 spiro atoms. The van der Waals surface area contributed by atoms with Crippen LogP contribution in [-0.4, -0.2) is 12.1 Å². The van der Waals surface area contributed by atoms with Gasteiger partial charge in [-0.1, -0.05) is 44.2 Å². The Labute approximate surface area is 130 Å². The quantitative estimate of drug-likeness (QED) is 0.812. The lowest BCUT2D eigenvalue weighted by molar-refractivity contribution is 0.200. The predicted molar refractivity (Wildman–Crippen MR) is 90.5 cm³/mol. The van der Waals surface area contributed by atoms with Gasteiger partial charge in [-0.15, -0.1) is 0 Å². The second-order valence-electron chi connectivity index (χ2n) is 7.59. The van der Waals surface area contributed by atoms with Gasteiger partial charge in [0.1, 0.15) is 0 Å². The third kappa shape index (κ3) is 3.88. The highest BCUT2D eigenvalue weighted by atomic mass is 15.0. The van der Waals surface area contributed by atoms with E-state index in [0.29, 0.717) is 0 Å². The Hall–Kier alpha value is -0.820. The molecular formula is C20H31N. The first kappa shape index (κ1) is 15.1. The Morgan fingerprint density at radius 3 is 2.10 bits per heavy atom. The van der Waals surface area contributed by atoms with E-state index in [1.165, 1.54) is 44.9 Å². The van der Waals surface area contributed by atoms with Gasteiger partial charge in [-0.25, -0.2) is 0 Å². The van der Waals surface area contributed by atoms with Gasteiger partial charge < -0.3 is 5.32 Å². The zero-order valence-corrected chi connectivity index (χ0v) is 13.7. The Morgan fingerprint density at radius 1 is 0.762 bits per heavy atom. The fourth-order valence-electron chi connectivity index (χ4n) is 4.35. The molecule has 3 atom stereocenters. The molecule has 0 aromatic heterocycles. The molecule has 2 saturated carbocycles. The van der Waals surface area contributed by atoms with Crippen molar-refractivity contribution < 1.29 is 0 Å². The van der Waals surface area contributed by atoms with E-state index < -0.39 is 0 Å². The van der Waals surface area contributed by atoms with Gasteiger partial charge in [0, 0.05) is 12.1 Å². The normalized spacial score (nSPS) is 37.3. The van der Waals surface area contributed by atoms with E-state index in [0.717, 1.165) is 29.8 Å². The molecule has 0 heterocycles. The average molecular weight is 285 g/mol. The maximum atomic E-state index is 3.98. The lowest BCUT2D eigenvalue weighted by atomic mass is 9.77. The number of benzene rings is 1. The zero-order valence-electron chi connectivity index (χ0n) is 13.7. The van der Waals surface area contributed by atoms with E-state index in [2.05, 4.69) is 49.5 Å². The summed E-state index contributed by atoms with van der Waals surface area (Å²) in [5.41, 5.74) is 1.55. The van der Waals surface area contributed by atoms with Crippen molar-refractivity contribution >= 4 is 0 Å². The highest BCUT2D eigenvalue weighted by Crippen LogP contribution is 2.34. The van der Waals surface area contributed by atoms with Crippen molar-refractivity contribution in [3.8, 4) is 0 Å². The summed E-state index contributed by atoms with van der Waals surface area (Å²) in [6.45, 7) is 4.86. The average Bonchev–Trinajstić information content (AvgIpc) is 2.53. The van der Waals surface area contributed by atoms with Crippen molar-refractivity contribution in [2.24, 2.45) is 11.8 Å².